The SMILES string of the molecule is COc1ccc(C)cc1NC(=O)C(C)OC(=O)c1nn(C(C)C)c(=O)c2ccccc12. The fourth-order valence-electron chi connectivity index (χ4n) is 3.13. The number of ether oxygens (including phenoxy) is 2. The van der Waals surface area contributed by atoms with Gasteiger partial charge in [0, 0.05) is 5.39 Å². The molecule has 1 amide bonds. The van der Waals surface area contributed by atoms with Crippen molar-refractivity contribution in [3.05, 3.63) is 64.1 Å². The van der Waals surface area contributed by atoms with Crippen LogP contribution in [0.5, 0.6) is 5.75 Å². The number of aromatic nitrogens is 2. The van der Waals surface area contributed by atoms with Crippen LogP contribution < -0.4 is 15.6 Å². The molecule has 0 saturated heterocycles. The number of anilines is 1. The summed E-state index contributed by atoms with van der Waals surface area (Å²) in [5.74, 6) is -0.808. The van der Waals surface area contributed by atoms with Gasteiger partial charge < -0.3 is 14.8 Å². The quantitative estimate of drug-likeness (QED) is 0.610. The number of amides is 1. The summed E-state index contributed by atoms with van der Waals surface area (Å²) in [5, 5.41) is 7.67. The minimum atomic E-state index is -1.10. The van der Waals surface area contributed by atoms with Crippen molar-refractivity contribution in [1.82, 2.24) is 9.78 Å². The molecule has 8 heteroatoms. The molecule has 0 aliphatic carbocycles. The molecule has 3 rings (SSSR count). The van der Waals surface area contributed by atoms with E-state index in [2.05, 4.69) is 10.4 Å². The lowest BCUT2D eigenvalue weighted by Crippen LogP contribution is -2.32. The number of nitrogens with one attached hydrogen (secondary N) is 1. The monoisotopic (exact) mass is 423 g/mol. The van der Waals surface area contributed by atoms with Gasteiger partial charge in [-0.05, 0) is 51.5 Å². The number of nitrogens with zero attached hydrogens (tertiary/aromatic N) is 2. The third kappa shape index (κ3) is 4.58. The van der Waals surface area contributed by atoms with Gasteiger partial charge in [-0.3, -0.25) is 9.59 Å². The van der Waals surface area contributed by atoms with Crippen LogP contribution in [-0.2, 0) is 9.53 Å². The minimum Gasteiger partial charge on any atom is -0.495 e. The number of hydrogen-bond acceptors (Lipinski definition) is 6. The first-order chi connectivity index (χ1) is 14.7. The molecule has 3 aromatic rings. The normalized spacial score (nSPS) is 11.9. The van der Waals surface area contributed by atoms with Gasteiger partial charge in [-0.15, -0.1) is 0 Å². The number of esters is 1. The van der Waals surface area contributed by atoms with Gasteiger partial charge in [-0.25, -0.2) is 9.48 Å². The first kappa shape index (κ1) is 22.0. The van der Waals surface area contributed by atoms with Gasteiger partial charge in [-0.1, -0.05) is 24.3 Å². The Bertz CT molecular complexity index is 1200. The number of aryl methyl sites for hydroxylation is 1. The first-order valence-electron chi connectivity index (χ1n) is 9.91. The van der Waals surface area contributed by atoms with Gasteiger partial charge in [0.1, 0.15) is 5.75 Å². The lowest BCUT2D eigenvalue weighted by molar-refractivity contribution is -0.123. The summed E-state index contributed by atoms with van der Waals surface area (Å²) in [5.41, 5.74) is 1.11. The summed E-state index contributed by atoms with van der Waals surface area (Å²) in [7, 11) is 1.50. The van der Waals surface area contributed by atoms with Crippen molar-refractivity contribution in [2.45, 2.75) is 39.8 Å². The van der Waals surface area contributed by atoms with E-state index in [1.807, 2.05) is 13.0 Å². The Kier molecular flexibility index (Phi) is 6.39. The van der Waals surface area contributed by atoms with Crippen LogP contribution >= 0.6 is 0 Å². The average molecular weight is 423 g/mol. The number of methoxy groups -OCH3 is 1. The third-order valence-corrected chi connectivity index (χ3v) is 4.78. The highest BCUT2D eigenvalue weighted by atomic mass is 16.5. The first-order valence-corrected chi connectivity index (χ1v) is 9.91. The molecule has 1 unspecified atom stereocenters. The van der Waals surface area contributed by atoms with Crippen molar-refractivity contribution in [2.75, 3.05) is 12.4 Å². The van der Waals surface area contributed by atoms with Crippen molar-refractivity contribution in [1.29, 1.82) is 0 Å². The Morgan fingerprint density at radius 2 is 1.74 bits per heavy atom. The Labute approximate surface area is 179 Å². The van der Waals surface area contributed by atoms with Crippen LogP contribution in [0.2, 0.25) is 0 Å². The van der Waals surface area contributed by atoms with E-state index >= 15 is 0 Å². The van der Waals surface area contributed by atoms with Crippen molar-refractivity contribution in [3.63, 3.8) is 0 Å². The Balaban J connectivity index is 1.87. The number of carbonyl (C=O) groups is 2. The van der Waals surface area contributed by atoms with E-state index in [1.165, 1.54) is 18.7 Å². The minimum absolute atomic E-state index is 0.0170. The molecule has 0 spiro atoms. The zero-order valence-electron chi connectivity index (χ0n) is 18.1. The molecule has 2 aromatic carbocycles. The van der Waals surface area contributed by atoms with E-state index in [0.29, 0.717) is 22.2 Å². The molecule has 0 bridgehead atoms. The Morgan fingerprint density at radius 1 is 1.06 bits per heavy atom. The maximum absolute atomic E-state index is 12.9. The Morgan fingerprint density at radius 3 is 2.39 bits per heavy atom. The lowest BCUT2D eigenvalue weighted by Gasteiger charge is -2.17. The summed E-state index contributed by atoms with van der Waals surface area (Å²) in [6.07, 6.45) is -1.10. The predicted octanol–water partition coefficient (Wildman–Crippen LogP) is 3.48. The van der Waals surface area contributed by atoms with Crippen molar-refractivity contribution >= 4 is 28.3 Å². The van der Waals surface area contributed by atoms with Gasteiger partial charge in [0.05, 0.1) is 24.2 Å². The topological polar surface area (TPSA) is 99.5 Å². The van der Waals surface area contributed by atoms with E-state index < -0.39 is 18.0 Å². The molecule has 1 heterocycles. The van der Waals surface area contributed by atoms with Crippen molar-refractivity contribution in [3.8, 4) is 5.75 Å². The smallest absolute Gasteiger partial charge is 0.360 e. The molecular formula is C23H25N3O5. The highest BCUT2D eigenvalue weighted by molar-refractivity contribution is 6.04. The predicted molar refractivity (Wildman–Crippen MR) is 118 cm³/mol. The van der Waals surface area contributed by atoms with E-state index in [0.717, 1.165) is 5.56 Å². The Hall–Kier alpha value is -3.68. The van der Waals surface area contributed by atoms with Gasteiger partial charge in [0.25, 0.3) is 11.5 Å². The molecule has 1 N–H and O–H groups in total. The van der Waals surface area contributed by atoms with Crippen LogP contribution in [-0.4, -0.2) is 34.9 Å². The standard InChI is InChI=1S/C23H25N3O5/c1-13(2)26-22(28)17-9-7-6-8-16(17)20(25-26)23(29)31-15(4)21(27)24-18-12-14(3)10-11-19(18)30-5/h6-13,15H,1-5H3,(H,24,27). The van der Waals surface area contributed by atoms with E-state index in [4.69, 9.17) is 9.47 Å². The molecule has 0 radical (unpaired) electrons. The van der Waals surface area contributed by atoms with Crippen molar-refractivity contribution < 1.29 is 19.1 Å². The number of fused-ring (bicyclic) bond motifs is 1. The molecule has 162 valence electrons. The van der Waals surface area contributed by atoms with Gasteiger partial charge >= 0.3 is 5.97 Å². The summed E-state index contributed by atoms with van der Waals surface area (Å²) in [6, 6.07) is 11.8. The van der Waals surface area contributed by atoms with Crippen molar-refractivity contribution in [2.24, 2.45) is 0 Å². The van der Waals surface area contributed by atoms with E-state index in [1.54, 1.807) is 50.2 Å². The van der Waals surface area contributed by atoms with Crippen LogP contribution in [0, 0.1) is 6.92 Å². The lowest BCUT2D eigenvalue weighted by atomic mass is 10.1. The second-order valence-corrected chi connectivity index (χ2v) is 7.48. The van der Waals surface area contributed by atoms with Crippen LogP contribution in [0.25, 0.3) is 10.8 Å². The zero-order valence-corrected chi connectivity index (χ0v) is 18.1. The van der Waals surface area contributed by atoms with Gasteiger partial charge in [0.2, 0.25) is 0 Å². The van der Waals surface area contributed by atoms with Gasteiger partial charge in [0.15, 0.2) is 11.8 Å². The maximum Gasteiger partial charge on any atom is 0.360 e. The van der Waals surface area contributed by atoms with Gasteiger partial charge in [-0.2, -0.15) is 5.10 Å². The van der Waals surface area contributed by atoms with E-state index in [-0.39, 0.29) is 17.3 Å². The molecule has 1 atom stereocenters. The molecule has 0 aliphatic rings. The summed E-state index contributed by atoms with van der Waals surface area (Å²) in [6.45, 7) is 6.95. The molecule has 1 aromatic heterocycles. The van der Waals surface area contributed by atoms with Crippen LogP contribution in [0.1, 0.15) is 42.9 Å². The third-order valence-electron chi connectivity index (χ3n) is 4.78. The highest BCUT2D eigenvalue weighted by Gasteiger charge is 2.24. The van der Waals surface area contributed by atoms with Crippen LogP contribution in [0.4, 0.5) is 5.69 Å². The van der Waals surface area contributed by atoms with Crippen LogP contribution in [0.3, 0.4) is 0 Å². The molecule has 31 heavy (non-hydrogen) atoms. The molecule has 8 nitrogen and oxygen atoms in total. The largest absolute Gasteiger partial charge is 0.495 e. The number of rotatable bonds is 6. The summed E-state index contributed by atoms with van der Waals surface area (Å²) >= 11 is 0. The molecular weight excluding hydrogens is 398 g/mol. The molecule has 0 aliphatic heterocycles. The van der Waals surface area contributed by atoms with E-state index in [9.17, 15) is 14.4 Å². The number of hydrogen-bond donors (Lipinski definition) is 1. The van der Waals surface area contributed by atoms with Crippen LogP contribution in [0.15, 0.2) is 47.3 Å². The highest BCUT2D eigenvalue weighted by Crippen LogP contribution is 2.25. The summed E-state index contributed by atoms with van der Waals surface area (Å²) in [4.78, 5) is 38.2. The molecule has 0 fully saturated rings. The summed E-state index contributed by atoms with van der Waals surface area (Å²) < 4.78 is 11.9. The maximum atomic E-state index is 12.9. The second-order valence-electron chi connectivity index (χ2n) is 7.48. The second kappa shape index (κ2) is 8.99. The number of benzene rings is 2. The number of carbonyl (C=O) groups excluding carboxylic acids is 2. The fourth-order valence-corrected chi connectivity index (χ4v) is 3.13. The zero-order chi connectivity index (χ0) is 22.7. The average Bonchev–Trinajstić information content (AvgIpc) is 2.74. The molecule has 0 saturated carbocycles. The fraction of sp³-hybridized carbons (Fsp3) is 0.304.